The van der Waals surface area contributed by atoms with Crippen molar-refractivity contribution in [3.8, 4) is 0 Å². The molecule has 0 aliphatic rings. The second-order valence-electron chi connectivity index (χ2n) is 7.78. The summed E-state index contributed by atoms with van der Waals surface area (Å²) in [6.07, 6.45) is 1.84. The number of nitrogens with zero attached hydrogens (tertiary/aromatic N) is 4. The van der Waals surface area contributed by atoms with E-state index in [-0.39, 0.29) is 17.2 Å². The third-order valence-electron chi connectivity index (χ3n) is 5.09. The van der Waals surface area contributed by atoms with Crippen molar-refractivity contribution in [3.05, 3.63) is 51.6 Å². The number of anilines is 1. The predicted octanol–water partition coefficient (Wildman–Crippen LogP) is 4.45. The number of benzene rings is 1. The topological polar surface area (TPSA) is 81.3 Å². The zero-order valence-electron chi connectivity index (χ0n) is 17.8. The minimum Gasteiger partial charge on any atom is -0.325 e. The number of carbonyl (C=O) groups excluding carboxylic acids is 1. The first-order valence-electron chi connectivity index (χ1n) is 10.3. The molecular weight excluding hydrogens is 430 g/mol. The van der Waals surface area contributed by atoms with E-state index in [1.807, 2.05) is 40.1 Å². The van der Waals surface area contributed by atoms with Crippen molar-refractivity contribution in [3.63, 3.8) is 0 Å². The van der Waals surface area contributed by atoms with Crippen LogP contribution in [0.1, 0.15) is 32.8 Å². The van der Waals surface area contributed by atoms with E-state index in [0.29, 0.717) is 28.1 Å². The number of amides is 1. The molecule has 0 aliphatic carbocycles. The van der Waals surface area contributed by atoms with Gasteiger partial charge in [0.2, 0.25) is 11.7 Å². The number of hydrogen-bond donors (Lipinski definition) is 1. The Kier molecular flexibility index (Phi) is 6.43. The molecule has 3 aromatic heterocycles. The van der Waals surface area contributed by atoms with E-state index < -0.39 is 0 Å². The molecule has 3 heterocycles. The zero-order valence-corrected chi connectivity index (χ0v) is 19.4. The van der Waals surface area contributed by atoms with Gasteiger partial charge in [-0.05, 0) is 47.9 Å². The summed E-state index contributed by atoms with van der Waals surface area (Å²) in [5.74, 6) is 1.08. The number of hydrogen-bond acceptors (Lipinski definition) is 6. The van der Waals surface area contributed by atoms with E-state index in [9.17, 15) is 9.59 Å². The second kappa shape index (κ2) is 9.23. The first kappa shape index (κ1) is 21.6. The highest BCUT2D eigenvalue weighted by atomic mass is 32.2. The van der Waals surface area contributed by atoms with E-state index in [1.54, 1.807) is 4.57 Å². The molecule has 7 nitrogen and oxygen atoms in total. The molecule has 0 unspecified atom stereocenters. The Labute approximate surface area is 188 Å². The smallest absolute Gasteiger partial charge is 0.272 e. The lowest BCUT2D eigenvalue weighted by Gasteiger charge is -2.10. The average Bonchev–Trinajstić information content (AvgIpc) is 3.39. The van der Waals surface area contributed by atoms with Gasteiger partial charge in [-0.1, -0.05) is 44.7 Å². The molecule has 1 aromatic carbocycles. The summed E-state index contributed by atoms with van der Waals surface area (Å²) in [4.78, 5) is 25.4. The fourth-order valence-corrected chi connectivity index (χ4v) is 4.90. The van der Waals surface area contributed by atoms with Gasteiger partial charge >= 0.3 is 0 Å². The van der Waals surface area contributed by atoms with Crippen molar-refractivity contribution in [1.82, 2.24) is 19.2 Å². The number of aromatic nitrogens is 4. The largest absolute Gasteiger partial charge is 0.325 e. The molecule has 0 spiro atoms. The van der Waals surface area contributed by atoms with Crippen LogP contribution >= 0.6 is 23.1 Å². The quantitative estimate of drug-likeness (QED) is 0.397. The molecule has 9 heteroatoms. The second-order valence-corrected chi connectivity index (χ2v) is 9.64. The normalized spacial score (nSPS) is 11.6. The van der Waals surface area contributed by atoms with Crippen molar-refractivity contribution >= 4 is 50.7 Å². The van der Waals surface area contributed by atoms with Crippen LogP contribution in [0.5, 0.6) is 0 Å². The Morgan fingerprint density at radius 2 is 1.97 bits per heavy atom. The summed E-state index contributed by atoms with van der Waals surface area (Å²) >= 11 is 2.74. The molecule has 4 aromatic rings. The number of fused-ring (bicyclic) bond motifs is 3. The van der Waals surface area contributed by atoms with Crippen LogP contribution in [-0.2, 0) is 17.8 Å². The maximum Gasteiger partial charge on any atom is 0.272 e. The maximum absolute atomic E-state index is 13.0. The number of nitrogens with one attached hydrogen (secondary N) is 1. The van der Waals surface area contributed by atoms with E-state index in [4.69, 9.17) is 0 Å². The summed E-state index contributed by atoms with van der Waals surface area (Å²) in [6, 6.07) is 9.76. The molecule has 4 rings (SSSR count). The number of thioether (sulfide) groups is 1. The van der Waals surface area contributed by atoms with Gasteiger partial charge in [-0.2, -0.15) is 0 Å². The lowest BCUT2D eigenvalue weighted by molar-refractivity contribution is -0.113. The van der Waals surface area contributed by atoms with Gasteiger partial charge in [0.05, 0.1) is 11.3 Å². The number of rotatable bonds is 8. The Hall–Kier alpha value is -2.65. The minimum absolute atomic E-state index is 0.0321. The van der Waals surface area contributed by atoms with Crippen molar-refractivity contribution in [2.24, 2.45) is 5.92 Å². The van der Waals surface area contributed by atoms with Crippen LogP contribution in [0.4, 0.5) is 5.69 Å². The Balaban J connectivity index is 1.58. The van der Waals surface area contributed by atoms with Crippen molar-refractivity contribution in [2.75, 3.05) is 11.1 Å². The van der Waals surface area contributed by atoms with Crippen LogP contribution in [0.3, 0.4) is 0 Å². The highest BCUT2D eigenvalue weighted by Gasteiger charge is 2.18. The maximum atomic E-state index is 13.0. The Bertz CT molecular complexity index is 1270. The summed E-state index contributed by atoms with van der Waals surface area (Å²) in [7, 11) is 0. The summed E-state index contributed by atoms with van der Waals surface area (Å²) in [5.41, 5.74) is 2.76. The highest BCUT2D eigenvalue weighted by Crippen LogP contribution is 2.25. The van der Waals surface area contributed by atoms with Crippen molar-refractivity contribution in [1.29, 1.82) is 0 Å². The van der Waals surface area contributed by atoms with Crippen LogP contribution in [0, 0.1) is 5.92 Å². The third-order valence-corrected chi connectivity index (χ3v) is 6.91. The number of aryl methyl sites for hydroxylation is 2. The first-order valence-corrected chi connectivity index (χ1v) is 12.2. The van der Waals surface area contributed by atoms with Gasteiger partial charge in [-0.15, -0.1) is 21.5 Å². The van der Waals surface area contributed by atoms with Crippen molar-refractivity contribution in [2.45, 2.75) is 45.3 Å². The molecule has 0 fully saturated rings. The molecule has 162 valence electrons. The highest BCUT2D eigenvalue weighted by molar-refractivity contribution is 7.99. The summed E-state index contributed by atoms with van der Waals surface area (Å²) in [5, 5.41) is 14.0. The van der Waals surface area contributed by atoms with Crippen LogP contribution in [-0.4, -0.2) is 30.8 Å². The van der Waals surface area contributed by atoms with Crippen LogP contribution in [0.2, 0.25) is 0 Å². The lowest BCUT2D eigenvalue weighted by atomic mass is 10.1. The van der Waals surface area contributed by atoms with Crippen LogP contribution in [0.15, 0.2) is 45.7 Å². The van der Waals surface area contributed by atoms with Gasteiger partial charge in [0.1, 0.15) is 4.70 Å². The third kappa shape index (κ3) is 4.52. The summed E-state index contributed by atoms with van der Waals surface area (Å²) < 4.78 is 4.27. The minimum atomic E-state index is -0.110. The fourth-order valence-electron chi connectivity index (χ4n) is 3.33. The first-order chi connectivity index (χ1) is 15.0. The van der Waals surface area contributed by atoms with Gasteiger partial charge < -0.3 is 5.32 Å². The Morgan fingerprint density at radius 3 is 2.68 bits per heavy atom. The average molecular weight is 456 g/mol. The molecule has 31 heavy (non-hydrogen) atoms. The molecule has 0 radical (unpaired) electrons. The lowest BCUT2D eigenvalue weighted by Crippen LogP contribution is -2.23. The molecule has 0 atom stereocenters. The van der Waals surface area contributed by atoms with E-state index in [1.165, 1.54) is 28.7 Å². The molecule has 0 saturated carbocycles. The molecule has 0 aliphatic heterocycles. The zero-order chi connectivity index (χ0) is 22.0. The van der Waals surface area contributed by atoms with Gasteiger partial charge in [-0.25, -0.2) is 0 Å². The van der Waals surface area contributed by atoms with E-state index >= 15 is 0 Å². The SMILES string of the molecule is CCc1ccc(NC(=O)CSc2nnc3n(CCC(C)C)c(=O)c4sccc4n23)cc1. The monoisotopic (exact) mass is 455 g/mol. The van der Waals surface area contributed by atoms with Gasteiger partial charge in [0.15, 0.2) is 5.16 Å². The number of thiophene rings is 1. The van der Waals surface area contributed by atoms with Gasteiger partial charge in [0, 0.05) is 12.2 Å². The van der Waals surface area contributed by atoms with Crippen LogP contribution < -0.4 is 10.9 Å². The molecular formula is C22H25N5O2S2. The number of carbonyl (C=O) groups is 1. The van der Waals surface area contributed by atoms with Crippen molar-refractivity contribution < 1.29 is 4.79 Å². The van der Waals surface area contributed by atoms with Gasteiger partial charge in [-0.3, -0.25) is 18.6 Å². The Morgan fingerprint density at radius 1 is 1.19 bits per heavy atom. The molecule has 0 saturated heterocycles. The molecule has 1 amide bonds. The summed E-state index contributed by atoms with van der Waals surface area (Å²) in [6.45, 7) is 6.95. The van der Waals surface area contributed by atoms with Crippen LogP contribution in [0.25, 0.3) is 16.0 Å². The predicted molar refractivity (Wildman–Crippen MR) is 127 cm³/mol. The van der Waals surface area contributed by atoms with E-state index in [0.717, 1.165) is 24.0 Å². The van der Waals surface area contributed by atoms with Gasteiger partial charge in [0.25, 0.3) is 5.56 Å². The fraction of sp³-hybridized carbons (Fsp3) is 0.364. The standard InChI is InChI=1S/C22H25N5O2S2/c1-4-15-5-7-16(8-6-15)23-18(28)13-31-22-25-24-21-26(11-9-14(2)3)20(29)19-17(27(21)22)10-12-30-19/h5-8,10,12,14H,4,9,11,13H2,1-3H3,(H,23,28). The molecule has 1 N–H and O–H groups in total. The van der Waals surface area contributed by atoms with E-state index in [2.05, 4.69) is 36.3 Å². The molecule has 0 bridgehead atoms.